The molecule has 0 bridgehead atoms. The van der Waals surface area contributed by atoms with E-state index in [-0.39, 0.29) is 0 Å². The molecule has 57 heavy (non-hydrogen) atoms. The van der Waals surface area contributed by atoms with Gasteiger partial charge in [-0.1, -0.05) is 121 Å². The van der Waals surface area contributed by atoms with Gasteiger partial charge in [-0.05, 0) is 65.7 Å². The Balaban J connectivity index is 0.984. The van der Waals surface area contributed by atoms with E-state index in [1.165, 1.54) is 36.6 Å². The van der Waals surface area contributed by atoms with E-state index >= 15 is 0 Å². The van der Waals surface area contributed by atoms with Crippen LogP contribution >= 0.6 is 11.3 Å². The predicted octanol–water partition coefficient (Wildman–Crippen LogP) is 13.9. The number of hydrogen-bond acceptors (Lipinski definition) is 5. The van der Waals surface area contributed by atoms with Crippen molar-refractivity contribution in [3.63, 3.8) is 0 Å². The van der Waals surface area contributed by atoms with Gasteiger partial charge in [0.05, 0.1) is 11.0 Å². The summed E-state index contributed by atoms with van der Waals surface area (Å²) in [7, 11) is 0. The van der Waals surface area contributed by atoms with Crippen LogP contribution in [0.15, 0.2) is 186 Å². The summed E-state index contributed by atoms with van der Waals surface area (Å²) in [6.45, 7) is 0. The highest BCUT2D eigenvalue weighted by atomic mass is 32.1. The van der Waals surface area contributed by atoms with Crippen LogP contribution in [0.25, 0.3) is 115 Å². The van der Waals surface area contributed by atoms with E-state index in [1.807, 2.05) is 60.7 Å². The fourth-order valence-corrected chi connectivity index (χ4v) is 9.52. The van der Waals surface area contributed by atoms with Gasteiger partial charge in [0, 0.05) is 70.2 Å². The maximum atomic E-state index is 6.66. The van der Waals surface area contributed by atoms with E-state index in [1.54, 1.807) is 11.3 Å². The molecule has 5 nitrogen and oxygen atoms in total. The SMILES string of the molecule is c1ccc(-c2nc(-c3ccccc3)nc(-c3cccc4sc5ccc(-c6ccc7c(c6)oc6cc(-n8c9ccccc9c9ccccc98)ccc67)cc5c34)n2)cc1. The maximum absolute atomic E-state index is 6.66. The van der Waals surface area contributed by atoms with Gasteiger partial charge in [0.25, 0.3) is 0 Å². The lowest BCUT2D eigenvalue weighted by molar-refractivity contribution is 0.669. The van der Waals surface area contributed by atoms with Crippen LogP contribution in [0, 0.1) is 0 Å². The fourth-order valence-electron chi connectivity index (χ4n) is 8.41. The van der Waals surface area contributed by atoms with Crippen LogP contribution < -0.4 is 0 Å². The fraction of sp³-hybridized carbons (Fsp3) is 0. The Morgan fingerprint density at radius 2 is 0.965 bits per heavy atom. The van der Waals surface area contributed by atoms with E-state index in [9.17, 15) is 0 Å². The molecule has 0 radical (unpaired) electrons. The Bertz CT molecular complexity index is 3420. The number of fused-ring (bicyclic) bond motifs is 9. The van der Waals surface area contributed by atoms with Crippen molar-refractivity contribution in [3.8, 4) is 51.0 Å². The molecule has 0 amide bonds. The second-order valence-electron chi connectivity index (χ2n) is 14.4. The van der Waals surface area contributed by atoms with E-state index < -0.39 is 0 Å². The number of para-hydroxylation sites is 2. The number of nitrogens with zero attached hydrogens (tertiary/aromatic N) is 4. The predicted molar refractivity (Wildman–Crippen MR) is 236 cm³/mol. The first-order valence-electron chi connectivity index (χ1n) is 19.0. The molecule has 0 saturated carbocycles. The van der Waals surface area contributed by atoms with Crippen molar-refractivity contribution < 1.29 is 4.42 Å². The number of hydrogen-bond donors (Lipinski definition) is 0. The molecule has 0 aliphatic heterocycles. The minimum absolute atomic E-state index is 0.651. The molecule has 6 heteroatoms. The van der Waals surface area contributed by atoms with E-state index in [0.29, 0.717) is 17.5 Å². The normalized spacial score (nSPS) is 11.9. The summed E-state index contributed by atoms with van der Waals surface area (Å²) in [6.07, 6.45) is 0. The zero-order chi connectivity index (χ0) is 37.5. The average Bonchev–Trinajstić information content (AvgIpc) is 3.95. The van der Waals surface area contributed by atoms with Gasteiger partial charge < -0.3 is 8.98 Å². The number of rotatable bonds is 5. The highest BCUT2D eigenvalue weighted by Gasteiger charge is 2.19. The molecule has 0 aliphatic rings. The molecule has 12 rings (SSSR count). The molecule has 0 fully saturated rings. The van der Waals surface area contributed by atoms with Crippen molar-refractivity contribution in [2.24, 2.45) is 0 Å². The second-order valence-corrected chi connectivity index (χ2v) is 15.5. The first-order chi connectivity index (χ1) is 28.2. The van der Waals surface area contributed by atoms with Crippen LogP contribution in [0.4, 0.5) is 0 Å². The molecule has 0 unspecified atom stereocenters. The third kappa shape index (κ3) is 5.12. The molecule has 0 atom stereocenters. The Hall–Kier alpha value is -7.41. The highest BCUT2D eigenvalue weighted by Crippen LogP contribution is 2.42. The molecule has 0 N–H and O–H groups in total. The molecule has 0 aliphatic carbocycles. The van der Waals surface area contributed by atoms with Gasteiger partial charge in [0.1, 0.15) is 11.2 Å². The zero-order valence-corrected chi connectivity index (χ0v) is 31.2. The maximum Gasteiger partial charge on any atom is 0.164 e. The lowest BCUT2D eigenvalue weighted by Crippen LogP contribution is -2.00. The topological polar surface area (TPSA) is 56.7 Å². The van der Waals surface area contributed by atoms with Crippen molar-refractivity contribution in [2.45, 2.75) is 0 Å². The Morgan fingerprint density at radius 3 is 1.67 bits per heavy atom. The van der Waals surface area contributed by atoms with Gasteiger partial charge in [0.2, 0.25) is 0 Å². The molecule has 8 aromatic carbocycles. The summed E-state index contributed by atoms with van der Waals surface area (Å²) in [5, 5.41) is 7.01. The van der Waals surface area contributed by atoms with E-state index in [0.717, 1.165) is 60.8 Å². The van der Waals surface area contributed by atoms with Gasteiger partial charge in [-0.3, -0.25) is 0 Å². The second kappa shape index (κ2) is 12.6. The summed E-state index contributed by atoms with van der Waals surface area (Å²) in [5.74, 6) is 1.96. The lowest BCUT2D eigenvalue weighted by atomic mass is 9.99. The quantitative estimate of drug-likeness (QED) is 0.176. The van der Waals surface area contributed by atoms with Gasteiger partial charge in [0.15, 0.2) is 17.5 Å². The van der Waals surface area contributed by atoms with Gasteiger partial charge >= 0.3 is 0 Å². The number of aromatic nitrogens is 4. The summed E-state index contributed by atoms with van der Waals surface area (Å²) in [5.41, 5.74) is 10.3. The van der Waals surface area contributed by atoms with Crippen molar-refractivity contribution >= 4 is 75.3 Å². The minimum atomic E-state index is 0.651. The number of thiophene rings is 1. The van der Waals surface area contributed by atoms with E-state index in [4.69, 9.17) is 19.4 Å². The average molecular weight is 747 g/mol. The molecular weight excluding hydrogens is 717 g/mol. The monoisotopic (exact) mass is 746 g/mol. The molecule has 0 spiro atoms. The Labute approximate surface area is 330 Å². The van der Waals surface area contributed by atoms with Crippen LogP contribution in [-0.4, -0.2) is 19.5 Å². The lowest BCUT2D eigenvalue weighted by Gasteiger charge is -2.10. The van der Waals surface area contributed by atoms with Gasteiger partial charge in [-0.25, -0.2) is 15.0 Å². The third-order valence-electron chi connectivity index (χ3n) is 11.1. The molecule has 4 aromatic heterocycles. The summed E-state index contributed by atoms with van der Waals surface area (Å²) in [4.78, 5) is 15.1. The highest BCUT2D eigenvalue weighted by molar-refractivity contribution is 7.26. The molecule has 0 saturated heterocycles. The van der Waals surface area contributed by atoms with Crippen LogP contribution in [0.2, 0.25) is 0 Å². The Morgan fingerprint density at radius 1 is 0.386 bits per heavy atom. The smallest absolute Gasteiger partial charge is 0.164 e. The van der Waals surface area contributed by atoms with E-state index in [2.05, 4.69) is 126 Å². The third-order valence-corrected chi connectivity index (χ3v) is 12.2. The number of benzene rings is 8. The number of furan rings is 1. The van der Waals surface area contributed by atoms with Gasteiger partial charge in [-0.2, -0.15) is 0 Å². The van der Waals surface area contributed by atoms with Gasteiger partial charge in [-0.15, -0.1) is 11.3 Å². The van der Waals surface area contributed by atoms with Crippen molar-refractivity contribution in [3.05, 3.63) is 182 Å². The van der Waals surface area contributed by atoms with Crippen molar-refractivity contribution in [1.29, 1.82) is 0 Å². The van der Waals surface area contributed by atoms with Crippen LogP contribution in [0.3, 0.4) is 0 Å². The van der Waals surface area contributed by atoms with Crippen LogP contribution in [-0.2, 0) is 0 Å². The first kappa shape index (κ1) is 31.9. The zero-order valence-electron chi connectivity index (χ0n) is 30.4. The summed E-state index contributed by atoms with van der Waals surface area (Å²) >= 11 is 1.79. The molecular formula is C51H30N4OS. The van der Waals surface area contributed by atoms with Crippen molar-refractivity contribution in [1.82, 2.24) is 19.5 Å². The van der Waals surface area contributed by atoms with Crippen molar-refractivity contribution in [2.75, 3.05) is 0 Å². The standard InChI is InChI=1S/C51H30N4OS/c1-3-12-31(13-4-1)49-52-50(32-14-5-2-6-15-32)54-51(53-49)40-18-11-21-47-48(40)41-28-33(23-27-46(41)57-47)34-22-25-38-39-26-24-35(30-45(39)56-44(38)29-34)55-42-19-9-7-16-36(42)37-17-8-10-20-43(37)55/h1-30H. The minimum Gasteiger partial charge on any atom is -0.456 e. The first-order valence-corrected chi connectivity index (χ1v) is 19.8. The molecule has 4 heterocycles. The largest absolute Gasteiger partial charge is 0.456 e. The van der Waals surface area contributed by atoms with Crippen LogP contribution in [0.1, 0.15) is 0 Å². The summed E-state index contributed by atoms with van der Waals surface area (Å²) < 4.78 is 11.4. The summed E-state index contributed by atoms with van der Waals surface area (Å²) in [6, 6.07) is 63.8. The van der Waals surface area contributed by atoms with Crippen LogP contribution in [0.5, 0.6) is 0 Å². The molecule has 12 aromatic rings. The molecule has 266 valence electrons. The Kier molecular flexibility index (Phi) is 7.03.